The summed E-state index contributed by atoms with van der Waals surface area (Å²) in [5.41, 5.74) is 1.69. The lowest BCUT2D eigenvalue weighted by atomic mass is 9.95. The Morgan fingerprint density at radius 3 is 2.56 bits per heavy atom. The molecule has 1 aliphatic carbocycles. The van der Waals surface area contributed by atoms with E-state index >= 15 is 0 Å². The summed E-state index contributed by atoms with van der Waals surface area (Å²) < 4.78 is 13.4. The number of ether oxygens (including phenoxy) is 2. The molecule has 0 unspecified atom stereocenters. The fourth-order valence-corrected chi connectivity index (χ4v) is 5.01. The molecular formula is C25H29ClN4O3S. The highest BCUT2D eigenvalue weighted by molar-refractivity contribution is 7.99. The first kappa shape index (κ1) is 24.4. The van der Waals surface area contributed by atoms with E-state index in [0.29, 0.717) is 17.7 Å². The smallest absolute Gasteiger partial charge is 0.234 e. The minimum atomic E-state index is -0.0946. The maximum Gasteiger partial charge on any atom is 0.234 e. The molecule has 4 rings (SSSR count). The Balaban J connectivity index is 1.43. The van der Waals surface area contributed by atoms with Crippen LogP contribution >= 0.6 is 23.4 Å². The quantitative estimate of drug-likeness (QED) is 0.359. The molecule has 0 aliphatic heterocycles. The van der Waals surface area contributed by atoms with E-state index in [1.807, 2.05) is 49.4 Å². The molecule has 180 valence electrons. The van der Waals surface area contributed by atoms with Crippen LogP contribution in [0, 0.1) is 6.92 Å². The second-order valence-electron chi connectivity index (χ2n) is 8.33. The lowest BCUT2D eigenvalue weighted by Gasteiger charge is -2.25. The van der Waals surface area contributed by atoms with E-state index in [1.165, 1.54) is 31.0 Å². The first-order chi connectivity index (χ1) is 16.5. The number of nitrogens with zero attached hydrogens (tertiary/aromatic N) is 3. The lowest BCUT2D eigenvalue weighted by Crippen LogP contribution is -2.19. The predicted molar refractivity (Wildman–Crippen MR) is 135 cm³/mol. The molecule has 1 N–H and O–H groups in total. The average Bonchev–Trinajstić information content (AvgIpc) is 3.27. The fourth-order valence-electron chi connectivity index (χ4n) is 4.07. The average molecular weight is 501 g/mol. The van der Waals surface area contributed by atoms with Gasteiger partial charge in [0.1, 0.15) is 18.1 Å². The van der Waals surface area contributed by atoms with E-state index in [2.05, 4.69) is 20.1 Å². The van der Waals surface area contributed by atoms with Crippen molar-refractivity contribution >= 4 is 35.0 Å². The minimum absolute atomic E-state index is 0.0946. The van der Waals surface area contributed by atoms with Crippen molar-refractivity contribution in [2.24, 2.45) is 0 Å². The summed E-state index contributed by atoms with van der Waals surface area (Å²) in [5, 5.41) is 13.2. The molecule has 1 aliphatic rings. The molecule has 1 heterocycles. The number of benzene rings is 2. The molecule has 0 spiro atoms. The van der Waals surface area contributed by atoms with E-state index in [4.69, 9.17) is 21.1 Å². The molecule has 2 aromatic carbocycles. The standard InChI is InChI=1S/C25H29ClN4O3S/c1-17-14-21(12-13-22(17)26)33-15-23-28-29-25(30(23)19-6-4-3-5-7-19)34-16-24(31)27-18-8-10-20(32-2)11-9-18/h8-14,19H,3-7,15-16H2,1-2H3,(H,27,31). The second-order valence-corrected chi connectivity index (χ2v) is 9.68. The number of methoxy groups -OCH3 is 1. The van der Waals surface area contributed by atoms with Gasteiger partial charge in [-0.1, -0.05) is 42.6 Å². The number of nitrogens with one attached hydrogen (secondary N) is 1. The van der Waals surface area contributed by atoms with E-state index in [1.54, 1.807) is 7.11 Å². The topological polar surface area (TPSA) is 78.3 Å². The van der Waals surface area contributed by atoms with Gasteiger partial charge in [0, 0.05) is 16.8 Å². The Hall–Kier alpha value is -2.71. The van der Waals surface area contributed by atoms with Crippen LogP contribution < -0.4 is 14.8 Å². The SMILES string of the molecule is COc1ccc(NC(=O)CSc2nnc(COc3ccc(Cl)c(C)c3)n2C2CCCCC2)cc1. The van der Waals surface area contributed by atoms with Crippen LogP contribution in [-0.2, 0) is 11.4 Å². The molecule has 0 bridgehead atoms. The second kappa shape index (κ2) is 11.6. The van der Waals surface area contributed by atoms with Gasteiger partial charge in [0.2, 0.25) is 5.91 Å². The van der Waals surface area contributed by atoms with Gasteiger partial charge in [-0.05, 0) is 67.8 Å². The molecule has 0 atom stereocenters. The molecule has 1 amide bonds. The summed E-state index contributed by atoms with van der Waals surface area (Å²) in [7, 11) is 1.61. The third-order valence-corrected chi connectivity index (χ3v) is 7.25. The highest BCUT2D eigenvalue weighted by Crippen LogP contribution is 2.33. The van der Waals surface area contributed by atoms with Crippen LogP contribution in [0.25, 0.3) is 0 Å². The summed E-state index contributed by atoms with van der Waals surface area (Å²) >= 11 is 7.53. The Morgan fingerprint density at radius 1 is 1.12 bits per heavy atom. The molecule has 9 heteroatoms. The number of carbonyl (C=O) groups excluding carboxylic acids is 1. The van der Waals surface area contributed by atoms with Crippen molar-refractivity contribution < 1.29 is 14.3 Å². The van der Waals surface area contributed by atoms with Crippen LogP contribution in [0.2, 0.25) is 5.02 Å². The van der Waals surface area contributed by atoms with E-state index < -0.39 is 0 Å². The highest BCUT2D eigenvalue weighted by atomic mass is 35.5. The van der Waals surface area contributed by atoms with Crippen molar-refractivity contribution in [3.63, 3.8) is 0 Å². The molecule has 0 radical (unpaired) electrons. The molecule has 1 aromatic heterocycles. The third kappa shape index (κ3) is 6.24. The number of thioether (sulfide) groups is 1. The molecule has 1 saturated carbocycles. The van der Waals surface area contributed by atoms with Gasteiger partial charge in [-0.25, -0.2) is 0 Å². The van der Waals surface area contributed by atoms with Crippen LogP contribution in [0.3, 0.4) is 0 Å². The summed E-state index contributed by atoms with van der Waals surface area (Å²) in [6, 6.07) is 13.2. The van der Waals surface area contributed by atoms with Gasteiger partial charge in [-0.2, -0.15) is 0 Å². The number of hydrogen-bond acceptors (Lipinski definition) is 6. The molecule has 34 heavy (non-hydrogen) atoms. The summed E-state index contributed by atoms with van der Waals surface area (Å²) in [5.74, 6) is 2.42. The maximum absolute atomic E-state index is 12.5. The van der Waals surface area contributed by atoms with Crippen molar-refractivity contribution in [1.29, 1.82) is 0 Å². The molecule has 0 saturated heterocycles. The normalized spacial score (nSPS) is 14.1. The van der Waals surface area contributed by atoms with Crippen molar-refractivity contribution in [2.75, 3.05) is 18.2 Å². The zero-order chi connectivity index (χ0) is 23.9. The van der Waals surface area contributed by atoms with Crippen LogP contribution in [-0.4, -0.2) is 33.5 Å². The summed E-state index contributed by atoms with van der Waals surface area (Å²) in [6.07, 6.45) is 5.78. The summed E-state index contributed by atoms with van der Waals surface area (Å²) in [6.45, 7) is 2.26. The van der Waals surface area contributed by atoms with E-state index in [0.717, 1.165) is 46.6 Å². The van der Waals surface area contributed by atoms with Crippen molar-refractivity contribution in [3.05, 3.63) is 58.9 Å². The van der Waals surface area contributed by atoms with Gasteiger partial charge in [0.25, 0.3) is 0 Å². The van der Waals surface area contributed by atoms with Crippen molar-refractivity contribution in [3.8, 4) is 11.5 Å². The molecular weight excluding hydrogens is 472 g/mol. The van der Waals surface area contributed by atoms with Crippen LogP contribution in [0.15, 0.2) is 47.6 Å². The third-order valence-electron chi connectivity index (χ3n) is 5.88. The maximum atomic E-state index is 12.5. The lowest BCUT2D eigenvalue weighted by molar-refractivity contribution is -0.113. The van der Waals surface area contributed by atoms with E-state index in [9.17, 15) is 4.79 Å². The van der Waals surface area contributed by atoms with Crippen LogP contribution in [0.1, 0.15) is 49.5 Å². The Bertz CT molecular complexity index is 1110. The Morgan fingerprint density at radius 2 is 1.85 bits per heavy atom. The van der Waals surface area contributed by atoms with Crippen LogP contribution in [0.4, 0.5) is 5.69 Å². The number of aryl methyl sites for hydroxylation is 1. The first-order valence-corrected chi connectivity index (χ1v) is 12.8. The first-order valence-electron chi connectivity index (χ1n) is 11.4. The van der Waals surface area contributed by atoms with Gasteiger partial charge in [0.15, 0.2) is 11.0 Å². The Labute approximate surface area is 209 Å². The summed E-state index contributed by atoms with van der Waals surface area (Å²) in [4.78, 5) is 12.5. The number of halogens is 1. The zero-order valence-electron chi connectivity index (χ0n) is 19.4. The van der Waals surface area contributed by atoms with Crippen LogP contribution in [0.5, 0.6) is 11.5 Å². The monoisotopic (exact) mass is 500 g/mol. The zero-order valence-corrected chi connectivity index (χ0v) is 21.0. The van der Waals surface area contributed by atoms with Gasteiger partial charge in [0.05, 0.1) is 12.9 Å². The largest absolute Gasteiger partial charge is 0.497 e. The highest BCUT2D eigenvalue weighted by Gasteiger charge is 2.24. The van der Waals surface area contributed by atoms with E-state index in [-0.39, 0.29) is 11.7 Å². The number of anilines is 1. The van der Waals surface area contributed by atoms with Crippen molar-refractivity contribution in [2.45, 2.75) is 56.8 Å². The fraction of sp³-hybridized carbons (Fsp3) is 0.400. The van der Waals surface area contributed by atoms with Crippen molar-refractivity contribution in [1.82, 2.24) is 14.8 Å². The molecule has 7 nitrogen and oxygen atoms in total. The number of carbonyl (C=O) groups is 1. The number of aromatic nitrogens is 3. The number of amides is 1. The number of rotatable bonds is 9. The van der Waals surface area contributed by atoms with Gasteiger partial charge < -0.3 is 14.8 Å². The molecule has 1 fully saturated rings. The van der Waals surface area contributed by atoms with Gasteiger partial charge in [-0.3, -0.25) is 9.36 Å². The van der Waals surface area contributed by atoms with Gasteiger partial charge >= 0.3 is 0 Å². The minimum Gasteiger partial charge on any atom is -0.497 e. The predicted octanol–water partition coefficient (Wildman–Crippen LogP) is 6.06. The number of hydrogen-bond donors (Lipinski definition) is 1. The Kier molecular flexibility index (Phi) is 8.34. The molecule has 3 aromatic rings. The van der Waals surface area contributed by atoms with Gasteiger partial charge in [-0.15, -0.1) is 10.2 Å².